The molecule has 0 aliphatic carbocycles. The van der Waals surface area contributed by atoms with E-state index in [1.54, 1.807) is 19.4 Å². The summed E-state index contributed by atoms with van der Waals surface area (Å²) in [6.45, 7) is 2.90. The second-order valence-corrected chi connectivity index (χ2v) is 4.62. The molecule has 0 spiro atoms. The predicted octanol–water partition coefficient (Wildman–Crippen LogP) is 1.78. The first kappa shape index (κ1) is 12.8. The average molecular weight is 250 g/mol. The largest absolute Gasteiger partial charge is 0.478 e. The highest BCUT2D eigenvalue weighted by Crippen LogP contribution is 2.28. The van der Waals surface area contributed by atoms with Gasteiger partial charge in [0.1, 0.15) is 5.56 Å². The van der Waals surface area contributed by atoms with Gasteiger partial charge in [-0.25, -0.2) is 4.79 Å². The first-order chi connectivity index (χ1) is 8.63. The molecule has 98 valence electrons. The fraction of sp³-hybridized carbons (Fsp3) is 0.538. The molecule has 2 rings (SSSR count). The first-order valence-electron chi connectivity index (χ1n) is 6.10. The number of carboxylic acid groups (broad SMARTS) is 1. The molecule has 0 saturated carbocycles. The van der Waals surface area contributed by atoms with Crippen molar-refractivity contribution in [2.75, 3.05) is 18.6 Å². The summed E-state index contributed by atoms with van der Waals surface area (Å²) < 4.78 is 5.37. The van der Waals surface area contributed by atoms with Gasteiger partial charge < -0.3 is 14.7 Å². The van der Waals surface area contributed by atoms with Gasteiger partial charge in [-0.05, 0) is 25.8 Å². The predicted molar refractivity (Wildman–Crippen MR) is 68.0 cm³/mol. The van der Waals surface area contributed by atoms with Crippen LogP contribution in [0.25, 0.3) is 0 Å². The van der Waals surface area contributed by atoms with Crippen LogP contribution in [0.5, 0.6) is 0 Å². The second-order valence-electron chi connectivity index (χ2n) is 4.62. The third-order valence-electron chi connectivity index (χ3n) is 3.50. The van der Waals surface area contributed by atoms with E-state index in [0.717, 1.165) is 25.1 Å². The Hall–Kier alpha value is -1.62. The maximum atomic E-state index is 11.2. The Kier molecular flexibility index (Phi) is 3.81. The molecule has 1 aliphatic rings. The Balaban J connectivity index is 2.24. The summed E-state index contributed by atoms with van der Waals surface area (Å²) in [5.74, 6) is -0.931. The van der Waals surface area contributed by atoms with Crippen molar-refractivity contribution in [3.8, 4) is 0 Å². The summed E-state index contributed by atoms with van der Waals surface area (Å²) >= 11 is 0. The van der Waals surface area contributed by atoms with Crippen LogP contribution in [0.2, 0.25) is 0 Å². The highest BCUT2D eigenvalue weighted by molar-refractivity contribution is 5.94. The zero-order valence-corrected chi connectivity index (χ0v) is 10.7. The number of carbonyl (C=O) groups is 1. The number of hydrogen-bond donors (Lipinski definition) is 1. The Bertz CT molecular complexity index is 436. The summed E-state index contributed by atoms with van der Waals surface area (Å²) in [5.41, 5.74) is 1.01. The van der Waals surface area contributed by atoms with Gasteiger partial charge in [0.25, 0.3) is 0 Å². The number of ether oxygens (including phenoxy) is 1. The van der Waals surface area contributed by atoms with Gasteiger partial charge in [-0.2, -0.15) is 0 Å². The fourth-order valence-corrected chi connectivity index (χ4v) is 2.50. The SMILES string of the molecule is COC1CCN(c2ccncc2C(=O)O)C(C)C1. The number of carboxylic acids is 1. The molecule has 1 aromatic heterocycles. The van der Waals surface area contributed by atoms with E-state index >= 15 is 0 Å². The lowest BCUT2D eigenvalue weighted by atomic mass is 9.99. The van der Waals surface area contributed by atoms with Crippen LogP contribution in [0.4, 0.5) is 5.69 Å². The van der Waals surface area contributed by atoms with Crippen molar-refractivity contribution in [1.29, 1.82) is 0 Å². The molecule has 1 saturated heterocycles. The number of aromatic nitrogens is 1. The molecule has 0 bridgehead atoms. The van der Waals surface area contributed by atoms with Crippen molar-refractivity contribution in [3.05, 3.63) is 24.0 Å². The lowest BCUT2D eigenvalue weighted by Gasteiger charge is -2.39. The van der Waals surface area contributed by atoms with Crippen molar-refractivity contribution in [3.63, 3.8) is 0 Å². The van der Waals surface area contributed by atoms with Crippen molar-refractivity contribution in [2.45, 2.75) is 31.9 Å². The molecule has 18 heavy (non-hydrogen) atoms. The Morgan fingerprint density at radius 1 is 1.61 bits per heavy atom. The number of aromatic carboxylic acids is 1. The van der Waals surface area contributed by atoms with Crippen molar-refractivity contribution >= 4 is 11.7 Å². The lowest BCUT2D eigenvalue weighted by Crippen LogP contribution is -2.43. The minimum Gasteiger partial charge on any atom is -0.478 e. The third-order valence-corrected chi connectivity index (χ3v) is 3.50. The smallest absolute Gasteiger partial charge is 0.339 e. The van der Waals surface area contributed by atoms with Crippen LogP contribution in [0, 0.1) is 0 Å². The normalized spacial score (nSPS) is 24.0. The number of nitrogens with zero attached hydrogens (tertiary/aromatic N) is 2. The Morgan fingerprint density at radius 2 is 2.39 bits per heavy atom. The maximum Gasteiger partial charge on any atom is 0.339 e. The van der Waals surface area contributed by atoms with E-state index in [2.05, 4.69) is 16.8 Å². The third kappa shape index (κ3) is 2.46. The van der Waals surface area contributed by atoms with E-state index < -0.39 is 5.97 Å². The summed E-state index contributed by atoms with van der Waals surface area (Å²) in [5, 5.41) is 9.19. The first-order valence-corrected chi connectivity index (χ1v) is 6.10. The number of piperidine rings is 1. The van der Waals surface area contributed by atoms with Gasteiger partial charge in [-0.3, -0.25) is 4.98 Å². The van der Waals surface area contributed by atoms with E-state index in [0.29, 0.717) is 0 Å². The molecule has 2 atom stereocenters. The van der Waals surface area contributed by atoms with E-state index in [-0.39, 0.29) is 17.7 Å². The maximum absolute atomic E-state index is 11.2. The molecule has 2 unspecified atom stereocenters. The van der Waals surface area contributed by atoms with Gasteiger partial charge in [0.05, 0.1) is 11.8 Å². The van der Waals surface area contributed by atoms with Crippen LogP contribution in [-0.4, -0.2) is 41.9 Å². The van der Waals surface area contributed by atoms with E-state index in [1.807, 2.05) is 0 Å². The number of methoxy groups -OCH3 is 1. The summed E-state index contributed by atoms with van der Waals surface area (Å²) in [7, 11) is 1.72. The van der Waals surface area contributed by atoms with Crippen LogP contribution in [0.3, 0.4) is 0 Å². The molecule has 1 aliphatic heterocycles. The molecule has 5 nitrogen and oxygen atoms in total. The molecular formula is C13H18N2O3. The van der Waals surface area contributed by atoms with Crippen LogP contribution in [-0.2, 0) is 4.74 Å². The van der Waals surface area contributed by atoms with Crippen molar-refractivity contribution < 1.29 is 14.6 Å². The standard InChI is InChI=1S/C13H18N2O3/c1-9-7-10(18-2)4-6-15(9)12-3-5-14-8-11(12)13(16)17/h3,5,8-10H,4,6-7H2,1-2H3,(H,16,17). The topological polar surface area (TPSA) is 62.7 Å². The molecule has 2 heterocycles. The number of pyridine rings is 1. The molecule has 5 heteroatoms. The van der Waals surface area contributed by atoms with E-state index in [9.17, 15) is 9.90 Å². The zero-order valence-electron chi connectivity index (χ0n) is 10.7. The minimum absolute atomic E-state index is 0.264. The van der Waals surface area contributed by atoms with Gasteiger partial charge in [0.15, 0.2) is 0 Å². The van der Waals surface area contributed by atoms with Gasteiger partial charge in [0.2, 0.25) is 0 Å². The minimum atomic E-state index is -0.931. The molecule has 1 aromatic rings. The Labute approximate surface area is 106 Å². The average Bonchev–Trinajstić information content (AvgIpc) is 2.38. The quantitative estimate of drug-likeness (QED) is 0.886. The number of rotatable bonds is 3. The van der Waals surface area contributed by atoms with Crippen molar-refractivity contribution in [2.24, 2.45) is 0 Å². The van der Waals surface area contributed by atoms with Gasteiger partial charge in [-0.1, -0.05) is 0 Å². The number of hydrogen-bond acceptors (Lipinski definition) is 4. The summed E-state index contributed by atoms with van der Waals surface area (Å²) in [6.07, 6.45) is 5.15. The fourth-order valence-electron chi connectivity index (χ4n) is 2.50. The number of anilines is 1. The van der Waals surface area contributed by atoms with Crippen LogP contribution < -0.4 is 4.90 Å². The van der Waals surface area contributed by atoms with Crippen LogP contribution >= 0.6 is 0 Å². The van der Waals surface area contributed by atoms with Gasteiger partial charge >= 0.3 is 5.97 Å². The monoisotopic (exact) mass is 250 g/mol. The summed E-state index contributed by atoms with van der Waals surface area (Å²) in [6, 6.07) is 2.04. The Morgan fingerprint density at radius 3 is 3.00 bits per heavy atom. The van der Waals surface area contributed by atoms with Gasteiger partial charge in [0, 0.05) is 32.1 Å². The summed E-state index contributed by atoms with van der Waals surface area (Å²) in [4.78, 5) is 17.2. The molecule has 1 fully saturated rings. The van der Waals surface area contributed by atoms with E-state index in [1.165, 1.54) is 6.20 Å². The molecule has 0 amide bonds. The highest BCUT2D eigenvalue weighted by atomic mass is 16.5. The highest BCUT2D eigenvalue weighted by Gasteiger charge is 2.27. The molecule has 0 aromatic carbocycles. The van der Waals surface area contributed by atoms with Crippen LogP contribution in [0.1, 0.15) is 30.1 Å². The molecule has 0 radical (unpaired) electrons. The van der Waals surface area contributed by atoms with Gasteiger partial charge in [-0.15, -0.1) is 0 Å². The van der Waals surface area contributed by atoms with Crippen molar-refractivity contribution in [1.82, 2.24) is 4.98 Å². The lowest BCUT2D eigenvalue weighted by molar-refractivity contribution is 0.0690. The van der Waals surface area contributed by atoms with Crippen LogP contribution in [0.15, 0.2) is 18.5 Å². The van der Waals surface area contributed by atoms with E-state index in [4.69, 9.17) is 4.74 Å². The molecular weight excluding hydrogens is 232 g/mol. The second kappa shape index (κ2) is 5.35. The molecule has 1 N–H and O–H groups in total. The zero-order chi connectivity index (χ0) is 13.1.